The highest BCUT2D eigenvalue weighted by molar-refractivity contribution is 8.02. The first-order chi connectivity index (χ1) is 12.8. The fraction of sp³-hybridized carbons (Fsp3) is 0.471. The molecule has 0 spiro atoms. The number of thioether (sulfide) groups is 1. The number of rotatable bonds is 6. The summed E-state index contributed by atoms with van der Waals surface area (Å²) < 4.78 is 3.40. The summed E-state index contributed by atoms with van der Waals surface area (Å²) in [7, 11) is 0. The van der Waals surface area contributed by atoms with E-state index >= 15 is 0 Å². The number of pyridine rings is 1. The number of nitriles is 1. The van der Waals surface area contributed by atoms with E-state index in [0.717, 1.165) is 11.8 Å². The molecule has 27 heavy (non-hydrogen) atoms. The summed E-state index contributed by atoms with van der Waals surface area (Å²) in [5.74, 6) is -3.03. The Hall–Kier alpha value is -2.64. The minimum atomic E-state index is -1.60. The Labute approximate surface area is 158 Å². The molecule has 2 saturated heterocycles. The van der Waals surface area contributed by atoms with Gasteiger partial charge in [0.25, 0.3) is 0 Å². The molecule has 142 valence electrons. The predicted octanol–water partition coefficient (Wildman–Crippen LogP) is 0.344. The molecule has 3 heterocycles. The van der Waals surface area contributed by atoms with Crippen LogP contribution in [-0.2, 0) is 19.1 Å². The Morgan fingerprint density at radius 1 is 1.59 bits per heavy atom. The number of carbonyl (C=O) groups is 3. The number of aliphatic hydroxyl groups excluding tert-OH is 1. The zero-order valence-electron chi connectivity index (χ0n) is 14.4. The molecule has 2 aliphatic heterocycles. The lowest BCUT2D eigenvalue weighted by Gasteiger charge is -2.42. The van der Waals surface area contributed by atoms with Crippen molar-refractivity contribution in [1.82, 2.24) is 9.88 Å². The average Bonchev–Trinajstić information content (AvgIpc) is 2.98. The van der Waals surface area contributed by atoms with Gasteiger partial charge in [0.1, 0.15) is 6.61 Å². The van der Waals surface area contributed by atoms with E-state index in [1.165, 1.54) is 30.2 Å². The second-order valence-electron chi connectivity index (χ2n) is 6.32. The molecule has 1 aromatic rings. The molecule has 2 aliphatic rings. The first-order valence-corrected chi connectivity index (χ1v) is 9.11. The minimum Gasteiger partial charge on any atom is -0.480 e. The lowest BCUT2D eigenvalue weighted by Crippen LogP contribution is -2.60. The lowest BCUT2D eigenvalue weighted by molar-refractivity contribution is -0.156. The number of hydrogen-bond donors (Lipinski definition) is 2. The van der Waals surface area contributed by atoms with E-state index in [1.54, 1.807) is 0 Å². The third kappa shape index (κ3) is 3.02. The summed E-state index contributed by atoms with van der Waals surface area (Å²) >= 11 is 1.01. The van der Waals surface area contributed by atoms with Crippen molar-refractivity contribution in [1.29, 1.82) is 5.26 Å². The molecule has 10 heteroatoms. The molecule has 0 aliphatic carbocycles. The zero-order chi connectivity index (χ0) is 19.8. The van der Waals surface area contributed by atoms with Crippen molar-refractivity contribution in [3.05, 3.63) is 29.6 Å². The number of nitrogens with zero attached hydrogens (tertiary/aromatic N) is 3. The quantitative estimate of drug-likeness (QED) is 0.399. The van der Waals surface area contributed by atoms with Crippen LogP contribution < -0.4 is 0 Å². The van der Waals surface area contributed by atoms with Crippen LogP contribution in [-0.4, -0.2) is 62.6 Å². The minimum absolute atomic E-state index is 0.00710. The van der Waals surface area contributed by atoms with Gasteiger partial charge < -0.3 is 19.8 Å². The smallest absolute Gasteiger partial charge is 0.357 e. The van der Waals surface area contributed by atoms with Crippen LogP contribution in [0.1, 0.15) is 29.4 Å². The molecule has 1 amide bonds. The molecule has 3 rings (SSSR count). The van der Waals surface area contributed by atoms with E-state index < -0.39 is 34.1 Å². The fourth-order valence-corrected chi connectivity index (χ4v) is 5.13. The zero-order valence-corrected chi connectivity index (χ0v) is 15.2. The van der Waals surface area contributed by atoms with E-state index in [2.05, 4.69) is 4.98 Å². The summed E-state index contributed by atoms with van der Waals surface area (Å²) in [4.78, 5) is 42.2. The molecule has 0 aromatic carbocycles. The summed E-state index contributed by atoms with van der Waals surface area (Å²) in [5.41, 5.74) is -0.0233. The van der Waals surface area contributed by atoms with Crippen LogP contribution in [0, 0.1) is 17.2 Å². The maximum atomic E-state index is 12.4. The SMILES string of the molecule is C[C@@H](O)[C@H]1C(=O)N2CC(C(=O)O)(c3cccnc3C(=O)OCCC#N)S[C@H]12. The van der Waals surface area contributed by atoms with Crippen molar-refractivity contribution in [3.63, 3.8) is 0 Å². The monoisotopic (exact) mass is 391 g/mol. The van der Waals surface area contributed by atoms with Gasteiger partial charge in [0.15, 0.2) is 10.4 Å². The third-order valence-electron chi connectivity index (χ3n) is 4.65. The Bertz CT molecular complexity index is 838. The van der Waals surface area contributed by atoms with Gasteiger partial charge in [0.2, 0.25) is 5.91 Å². The highest BCUT2D eigenvalue weighted by atomic mass is 32.2. The number of hydrogen-bond acceptors (Lipinski definition) is 8. The number of ether oxygens (including phenoxy) is 1. The number of carbonyl (C=O) groups excluding carboxylic acids is 2. The third-order valence-corrected chi connectivity index (χ3v) is 6.36. The number of aromatic nitrogens is 1. The van der Waals surface area contributed by atoms with Crippen molar-refractivity contribution in [3.8, 4) is 6.07 Å². The van der Waals surface area contributed by atoms with E-state index in [-0.39, 0.29) is 36.7 Å². The first-order valence-electron chi connectivity index (χ1n) is 8.23. The van der Waals surface area contributed by atoms with Gasteiger partial charge in [-0.15, -0.1) is 11.8 Å². The maximum absolute atomic E-state index is 12.4. The Balaban J connectivity index is 1.96. The maximum Gasteiger partial charge on any atom is 0.357 e. The van der Waals surface area contributed by atoms with Crippen molar-refractivity contribution in [2.75, 3.05) is 13.2 Å². The molecule has 4 atom stereocenters. The number of amides is 1. The van der Waals surface area contributed by atoms with Gasteiger partial charge in [-0.1, -0.05) is 6.07 Å². The molecule has 0 bridgehead atoms. The van der Waals surface area contributed by atoms with Gasteiger partial charge >= 0.3 is 11.9 Å². The van der Waals surface area contributed by atoms with Crippen LogP contribution in [0.4, 0.5) is 0 Å². The number of carboxylic acid groups (broad SMARTS) is 1. The Kier molecular flexibility index (Phi) is 5.08. The molecule has 2 N–H and O–H groups in total. The molecule has 0 saturated carbocycles. The number of fused-ring (bicyclic) bond motifs is 1. The van der Waals surface area contributed by atoms with Crippen LogP contribution >= 0.6 is 11.8 Å². The largest absolute Gasteiger partial charge is 0.480 e. The number of aliphatic carboxylic acids is 1. The summed E-state index contributed by atoms with van der Waals surface area (Å²) in [6.07, 6.45) is 0.450. The normalized spacial score (nSPS) is 27.3. The molecule has 1 unspecified atom stereocenters. The van der Waals surface area contributed by atoms with E-state index in [9.17, 15) is 24.6 Å². The molecular weight excluding hydrogens is 374 g/mol. The van der Waals surface area contributed by atoms with Gasteiger partial charge in [-0.3, -0.25) is 9.59 Å². The van der Waals surface area contributed by atoms with Gasteiger partial charge in [0.05, 0.1) is 36.4 Å². The van der Waals surface area contributed by atoms with Crippen LogP contribution in [0.5, 0.6) is 0 Å². The van der Waals surface area contributed by atoms with Gasteiger partial charge in [-0.2, -0.15) is 5.26 Å². The first kappa shape index (κ1) is 19.1. The standard InChI is InChI=1S/C17H17N3O6S/c1-9(21)11-13(22)20-8-17(16(24)25,27-14(11)20)10-4-2-6-19-12(10)15(23)26-7-3-5-18/h2,4,6,9,11,14,21H,3,7-8H2,1H3,(H,24,25)/t9-,11+,14-,17?/m1/s1. The Morgan fingerprint density at radius 2 is 2.33 bits per heavy atom. The van der Waals surface area contributed by atoms with E-state index in [0.29, 0.717) is 0 Å². The average molecular weight is 391 g/mol. The molecule has 1 aromatic heterocycles. The van der Waals surface area contributed by atoms with Gasteiger partial charge in [0, 0.05) is 11.8 Å². The van der Waals surface area contributed by atoms with E-state index in [4.69, 9.17) is 10.00 Å². The molecular formula is C17H17N3O6S. The van der Waals surface area contributed by atoms with Crippen molar-refractivity contribution >= 4 is 29.6 Å². The summed E-state index contributed by atoms with van der Waals surface area (Å²) in [6, 6.07) is 4.83. The van der Waals surface area contributed by atoms with Crippen LogP contribution in [0.3, 0.4) is 0 Å². The van der Waals surface area contributed by atoms with Crippen LogP contribution in [0.15, 0.2) is 18.3 Å². The van der Waals surface area contributed by atoms with Crippen LogP contribution in [0.2, 0.25) is 0 Å². The van der Waals surface area contributed by atoms with Gasteiger partial charge in [-0.25, -0.2) is 9.78 Å². The number of carboxylic acids is 1. The van der Waals surface area contributed by atoms with Crippen molar-refractivity contribution < 1.29 is 29.3 Å². The Morgan fingerprint density at radius 3 is 2.96 bits per heavy atom. The second-order valence-corrected chi connectivity index (χ2v) is 7.73. The molecule has 0 radical (unpaired) electrons. The highest BCUT2D eigenvalue weighted by Crippen LogP contribution is 2.55. The van der Waals surface area contributed by atoms with Crippen molar-refractivity contribution in [2.45, 2.75) is 29.6 Å². The highest BCUT2D eigenvalue weighted by Gasteiger charge is 2.64. The topological polar surface area (TPSA) is 141 Å². The van der Waals surface area contributed by atoms with Gasteiger partial charge in [-0.05, 0) is 13.0 Å². The lowest BCUT2D eigenvalue weighted by atomic mass is 9.90. The fourth-order valence-electron chi connectivity index (χ4n) is 3.32. The predicted molar refractivity (Wildman–Crippen MR) is 92.3 cm³/mol. The number of esters is 1. The second kappa shape index (κ2) is 7.17. The van der Waals surface area contributed by atoms with Crippen LogP contribution in [0.25, 0.3) is 0 Å². The molecule has 9 nitrogen and oxygen atoms in total. The number of β-lactam (4-membered cyclic amide) rings is 1. The van der Waals surface area contributed by atoms with E-state index in [1.807, 2.05) is 6.07 Å². The number of aliphatic hydroxyl groups is 1. The molecule has 2 fully saturated rings. The summed E-state index contributed by atoms with van der Waals surface area (Å²) in [6.45, 7) is 1.23. The summed E-state index contributed by atoms with van der Waals surface area (Å²) in [5, 5.41) is 27.8. The van der Waals surface area contributed by atoms with Crippen molar-refractivity contribution in [2.24, 2.45) is 5.92 Å².